The molecule has 216 valence electrons. The van der Waals surface area contributed by atoms with Crippen molar-refractivity contribution in [2.24, 2.45) is 0 Å². The van der Waals surface area contributed by atoms with Gasteiger partial charge in [-0.2, -0.15) is 0 Å². The Morgan fingerprint density at radius 1 is 0.907 bits per heavy atom. The quantitative estimate of drug-likeness (QED) is 0.210. The van der Waals surface area contributed by atoms with Gasteiger partial charge in [0, 0.05) is 17.5 Å². The fourth-order valence-corrected chi connectivity index (χ4v) is 6.73. The molecule has 4 aromatic rings. The number of β-lactam (4-membered cyclic amide) rings is 1. The Morgan fingerprint density at radius 2 is 1.53 bits per heavy atom. The molecule has 2 aliphatic rings. The Kier molecular flexibility index (Phi) is 8.38. The summed E-state index contributed by atoms with van der Waals surface area (Å²) < 4.78 is 6.24. The molecule has 8 heteroatoms. The highest BCUT2D eigenvalue weighted by molar-refractivity contribution is 8.00. The van der Waals surface area contributed by atoms with E-state index >= 15 is 0 Å². The normalized spacial score (nSPS) is 17.7. The van der Waals surface area contributed by atoms with Crippen LogP contribution >= 0.6 is 11.8 Å². The SMILES string of the molecule is CCc1ccc(C2=C(C(=O)OC(c3ccccc3)c3ccccc3)N3C(=O)[C@@H](NC(=O)Cc4ccccc4)[C@H]3SC2)nc1. The van der Waals surface area contributed by atoms with E-state index in [0.29, 0.717) is 17.0 Å². The summed E-state index contributed by atoms with van der Waals surface area (Å²) in [5.41, 5.74) is 5.00. The van der Waals surface area contributed by atoms with Gasteiger partial charge in [-0.15, -0.1) is 11.8 Å². The highest BCUT2D eigenvalue weighted by Gasteiger charge is 2.55. The van der Waals surface area contributed by atoms with Crippen molar-refractivity contribution in [3.05, 3.63) is 143 Å². The lowest BCUT2D eigenvalue weighted by atomic mass is 9.99. The smallest absolute Gasteiger partial charge is 0.356 e. The highest BCUT2D eigenvalue weighted by atomic mass is 32.2. The Balaban J connectivity index is 1.32. The molecule has 2 aliphatic heterocycles. The number of amides is 2. The van der Waals surface area contributed by atoms with Crippen molar-refractivity contribution >= 4 is 35.1 Å². The number of carbonyl (C=O) groups excluding carboxylic acids is 3. The molecular formula is C35H31N3O4S. The van der Waals surface area contributed by atoms with Gasteiger partial charge in [0.2, 0.25) is 5.91 Å². The Bertz CT molecular complexity index is 1600. The second-order valence-electron chi connectivity index (χ2n) is 10.5. The predicted octanol–water partition coefficient (Wildman–Crippen LogP) is 5.33. The maximum atomic E-state index is 14.2. The molecule has 2 amide bonds. The molecule has 7 nitrogen and oxygen atoms in total. The van der Waals surface area contributed by atoms with Crippen LogP contribution < -0.4 is 5.32 Å². The van der Waals surface area contributed by atoms with E-state index in [1.165, 1.54) is 16.7 Å². The summed E-state index contributed by atoms with van der Waals surface area (Å²) in [6.07, 6.45) is 2.12. The molecular weight excluding hydrogens is 558 g/mol. The van der Waals surface area contributed by atoms with E-state index in [0.717, 1.165) is 28.7 Å². The first-order chi connectivity index (χ1) is 21.0. The summed E-state index contributed by atoms with van der Waals surface area (Å²) in [5.74, 6) is -0.760. The van der Waals surface area contributed by atoms with Crippen molar-refractivity contribution in [1.29, 1.82) is 0 Å². The maximum Gasteiger partial charge on any atom is 0.356 e. The standard InChI is InChI=1S/C35H31N3O4S/c1-2-23-18-19-28(36-21-23)27-22-43-34-30(37-29(39)20-24-12-6-3-7-13-24)33(40)38(34)31(27)35(41)42-32(25-14-8-4-9-15-25)26-16-10-5-11-17-26/h3-19,21,30,32,34H,2,20,22H2,1H3,(H,37,39)/t30-,34-/m1/s1. The topological polar surface area (TPSA) is 88.6 Å². The highest BCUT2D eigenvalue weighted by Crippen LogP contribution is 2.44. The van der Waals surface area contributed by atoms with Gasteiger partial charge in [0.15, 0.2) is 6.10 Å². The number of esters is 1. The average Bonchev–Trinajstić information content (AvgIpc) is 3.06. The minimum atomic E-state index is -0.736. The largest absolute Gasteiger partial charge is 0.448 e. The number of aromatic nitrogens is 1. The minimum Gasteiger partial charge on any atom is -0.448 e. The van der Waals surface area contributed by atoms with Gasteiger partial charge in [0.05, 0.1) is 12.1 Å². The van der Waals surface area contributed by atoms with Gasteiger partial charge in [0.1, 0.15) is 17.1 Å². The van der Waals surface area contributed by atoms with Crippen LogP contribution in [0.1, 0.15) is 41.0 Å². The second kappa shape index (κ2) is 12.7. The molecule has 0 saturated carbocycles. The van der Waals surface area contributed by atoms with Gasteiger partial charge in [-0.25, -0.2) is 4.79 Å². The molecule has 0 bridgehead atoms. The van der Waals surface area contributed by atoms with Crippen molar-refractivity contribution < 1.29 is 19.1 Å². The predicted molar refractivity (Wildman–Crippen MR) is 167 cm³/mol. The summed E-state index contributed by atoms with van der Waals surface area (Å²) in [5, 5.41) is 2.46. The Hall–Kier alpha value is -4.69. The van der Waals surface area contributed by atoms with Crippen LogP contribution in [0, 0.1) is 0 Å². The first kappa shape index (κ1) is 28.4. The molecule has 43 heavy (non-hydrogen) atoms. The first-order valence-electron chi connectivity index (χ1n) is 14.3. The molecule has 0 aliphatic carbocycles. The van der Waals surface area contributed by atoms with E-state index in [-0.39, 0.29) is 23.9 Å². The summed E-state index contributed by atoms with van der Waals surface area (Å²) >= 11 is 1.50. The van der Waals surface area contributed by atoms with Crippen molar-refractivity contribution in [3.8, 4) is 0 Å². The fraction of sp³-hybridized carbons (Fsp3) is 0.200. The number of benzene rings is 3. The second-order valence-corrected chi connectivity index (χ2v) is 11.6. The Labute approximate surface area is 255 Å². The number of aryl methyl sites for hydroxylation is 1. The summed E-state index contributed by atoms with van der Waals surface area (Å²) in [7, 11) is 0. The van der Waals surface area contributed by atoms with Gasteiger partial charge < -0.3 is 10.1 Å². The van der Waals surface area contributed by atoms with Gasteiger partial charge >= 0.3 is 5.97 Å². The van der Waals surface area contributed by atoms with Crippen LogP contribution in [-0.2, 0) is 32.0 Å². The number of nitrogens with zero attached hydrogens (tertiary/aromatic N) is 2. The van der Waals surface area contributed by atoms with Crippen LogP contribution in [0.4, 0.5) is 0 Å². The summed E-state index contributed by atoms with van der Waals surface area (Å²) in [6.45, 7) is 2.05. The fourth-order valence-electron chi connectivity index (χ4n) is 5.37. The number of thioether (sulfide) groups is 1. The van der Waals surface area contributed by atoms with Crippen LogP contribution in [-0.4, -0.2) is 44.8 Å². The van der Waals surface area contributed by atoms with Crippen molar-refractivity contribution in [2.45, 2.75) is 37.3 Å². The van der Waals surface area contributed by atoms with Crippen molar-refractivity contribution in [2.75, 3.05) is 5.75 Å². The van der Waals surface area contributed by atoms with E-state index in [4.69, 9.17) is 4.74 Å². The number of carbonyl (C=O) groups is 3. The molecule has 1 N–H and O–H groups in total. The van der Waals surface area contributed by atoms with Crippen LogP contribution in [0.2, 0.25) is 0 Å². The molecule has 3 heterocycles. The van der Waals surface area contributed by atoms with Crippen molar-refractivity contribution in [3.63, 3.8) is 0 Å². The number of pyridine rings is 1. The van der Waals surface area contributed by atoms with Crippen LogP contribution in [0.15, 0.2) is 115 Å². The molecule has 0 radical (unpaired) electrons. The summed E-state index contributed by atoms with van der Waals surface area (Å²) in [4.78, 5) is 46.8. The lowest BCUT2D eigenvalue weighted by Gasteiger charge is -2.49. The molecule has 3 aromatic carbocycles. The third-order valence-corrected chi connectivity index (χ3v) is 8.94. The Morgan fingerprint density at radius 3 is 2.12 bits per heavy atom. The van der Waals surface area contributed by atoms with E-state index in [9.17, 15) is 14.4 Å². The number of hydrogen-bond acceptors (Lipinski definition) is 6. The first-order valence-corrected chi connectivity index (χ1v) is 15.4. The number of nitrogens with one attached hydrogen (secondary N) is 1. The van der Waals surface area contributed by atoms with E-state index in [1.54, 1.807) is 6.20 Å². The number of ether oxygens (including phenoxy) is 1. The van der Waals surface area contributed by atoms with E-state index in [1.807, 2.05) is 103 Å². The zero-order chi connectivity index (χ0) is 29.8. The zero-order valence-corrected chi connectivity index (χ0v) is 24.5. The molecule has 6 rings (SSSR count). The molecule has 2 atom stereocenters. The average molecular weight is 590 g/mol. The zero-order valence-electron chi connectivity index (χ0n) is 23.7. The molecule has 1 saturated heterocycles. The molecule has 1 aromatic heterocycles. The minimum absolute atomic E-state index is 0.168. The van der Waals surface area contributed by atoms with Gasteiger partial charge in [-0.3, -0.25) is 19.5 Å². The van der Waals surface area contributed by atoms with E-state index < -0.39 is 23.5 Å². The van der Waals surface area contributed by atoms with Gasteiger partial charge in [-0.05, 0) is 34.7 Å². The van der Waals surface area contributed by atoms with Crippen LogP contribution in [0.5, 0.6) is 0 Å². The third-order valence-electron chi connectivity index (χ3n) is 7.66. The maximum absolute atomic E-state index is 14.2. The lowest BCUT2D eigenvalue weighted by molar-refractivity contribution is -0.154. The van der Waals surface area contributed by atoms with Crippen LogP contribution in [0.25, 0.3) is 5.57 Å². The molecule has 1 fully saturated rings. The number of fused-ring (bicyclic) bond motifs is 1. The number of rotatable bonds is 9. The molecule has 0 spiro atoms. The van der Waals surface area contributed by atoms with Crippen molar-refractivity contribution in [1.82, 2.24) is 15.2 Å². The van der Waals surface area contributed by atoms with Gasteiger partial charge in [0.25, 0.3) is 5.91 Å². The van der Waals surface area contributed by atoms with Gasteiger partial charge in [-0.1, -0.05) is 104 Å². The summed E-state index contributed by atoms with van der Waals surface area (Å²) in [6, 6.07) is 31.6. The van der Waals surface area contributed by atoms with Crippen LogP contribution in [0.3, 0.4) is 0 Å². The monoisotopic (exact) mass is 589 g/mol. The lowest BCUT2D eigenvalue weighted by Crippen LogP contribution is -2.70. The third kappa shape index (κ3) is 5.96. The number of hydrogen-bond donors (Lipinski definition) is 1. The molecule has 0 unspecified atom stereocenters. The van der Waals surface area contributed by atoms with E-state index in [2.05, 4.69) is 17.2 Å².